The molecule has 0 radical (unpaired) electrons. The molecule has 0 aliphatic rings. The maximum Gasteiger partial charge on any atom is 0.273 e. The smallest absolute Gasteiger partial charge is 0.273 e. The zero-order valence-electron chi connectivity index (χ0n) is 12.2. The quantitative estimate of drug-likeness (QED) is 0.705. The lowest BCUT2D eigenvalue weighted by Gasteiger charge is -2.08. The fourth-order valence-electron chi connectivity index (χ4n) is 2.14. The normalized spacial score (nSPS) is 10.6. The Morgan fingerprint density at radius 3 is 2.61 bits per heavy atom. The molecule has 1 aromatic heterocycles. The Kier molecular flexibility index (Phi) is 4.37. The van der Waals surface area contributed by atoms with Gasteiger partial charge in [0, 0.05) is 21.3 Å². The Hall–Kier alpha value is -2.30. The molecule has 6 heteroatoms. The first kappa shape index (κ1) is 15.6. The van der Waals surface area contributed by atoms with Crippen molar-refractivity contribution in [3.63, 3.8) is 0 Å². The minimum atomic E-state index is -0.275. The number of H-pyrrole nitrogens is 1. The van der Waals surface area contributed by atoms with Crippen LogP contribution in [0, 0.1) is 6.92 Å². The number of anilines is 1. The van der Waals surface area contributed by atoms with E-state index < -0.39 is 0 Å². The molecule has 3 rings (SSSR count). The number of amides is 1. The van der Waals surface area contributed by atoms with E-state index in [1.54, 1.807) is 36.4 Å². The number of nitrogens with one attached hydrogen (secondary N) is 2. The molecule has 3 aromatic rings. The van der Waals surface area contributed by atoms with Gasteiger partial charge in [0.1, 0.15) is 5.69 Å². The number of hydrogen-bond donors (Lipinski definition) is 2. The fourth-order valence-corrected chi connectivity index (χ4v) is 2.44. The van der Waals surface area contributed by atoms with E-state index in [9.17, 15) is 4.79 Å². The number of aromatic amines is 1. The Labute approximate surface area is 143 Å². The van der Waals surface area contributed by atoms with Crippen LogP contribution in [0.25, 0.3) is 11.3 Å². The fraction of sp³-hybridized carbons (Fsp3) is 0.0588. The van der Waals surface area contributed by atoms with Gasteiger partial charge in [-0.1, -0.05) is 41.4 Å². The van der Waals surface area contributed by atoms with E-state index in [2.05, 4.69) is 15.5 Å². The van der Waals surface area contributed by atoms with Crippen LogP contribution in [0.2, 0.25) is 10.0 Å². The standard InChI is InChI=1S/C17H13Cl2N3O/c1-10-13(19)3-2-4-14(10)20-17(23)16-9-15(21-22-16)11-5-7-12(18)8-6-11/h2-9H,1H3,(H,20,23)(H,21,22). The van der Waals surface area contributed by atoms with E-state index in [0.29, 0.717) is 27.1 Å². The van der Waals surface area contributed by atoms with Crippen molar-refractivity contribution in [3.05, 3.63) is 69.8 Å². The lowest BCUT2D eigenvalue weighted by molar-refractivity contribution is 0.102. The summed E-state index contributed by atoms with van der Waals surface area (Å²) in [4.78, 5) is 12.3. The van der Waals surface area contributed by atoms with Gasteiger partial charge >= 0.3 is 0 Å². The van der Waals surface area contributed by atoms with E-state index in [0.717, 1.165) is 11.1 Å². The third-order valence-corrected chi connectivity index (χ3v) is 4.14. The maximum atomic E-state index is 12.3. The van der Waals surface area contributed by atoms with E-state index in [1.165, 1.54) is 0 Å². The largest absolute Gasteiger partial charge is 0.320 e. The summed E-state index contributed by atoms with van der Waals surface area (Å²) >= 11 is 11.9. The average molecular weight is 346 g/mol. The van der Waals surface area contributed by atoms with Crippen LogP contribution in [-0.2, 0) is 0 Å². The molecule has 0 saturated heterocycles. The molecule has 0 aliphatic carbocycles. The first-order valence-electron chi connectivity index (χ1n) is 6.92. The van der Waals surface area contributed by atoms with Crippen molar-refractivity contribution in [3.8, 4) is 11.3 Å². The molecule has 4 nitrogen and oxygen atoms in total. The monoisotopic (exact) mass is 345 g/mol. The van der Waals surface area contributed by atoms with Crippen LogP contribution in [-0.4, -0.2) is 16.1 Å². The van der Waals surface area contributed by atoms with Gasteiger partial charge in [0.05, 0.1) is 5.69 Å². The molecular weight excluding hydrogens is 333 g/mol. The second-order valence-corrected chi connectivity index (χ2v) is 5.88. The van der Waals surface area contributed by atoms with Gasteiger partial charge in [-0.3, -0.25) is 9.89 Å². The minimum absolute atomic E-state index is 0.275. The van der Waals surface area contributed by atoms with Crippen molar-refractivity contribution in [2.45, 2.75) is 6.92 Å². The molecule has 0 aliphatic heterocycles. The summed E-state index contributed by atoms with van der Waals surface area (Å²) in [5, 5.41) is 11.0. The molecular formula is C17H13Cl2N3O. The SMILES string of the molecule is Cc1c(Cl)cccc1NC(=O)c1cc(-c2ccc(Cl)cc2)n[nH]1. The first-order valence-corrected chi connectivity index (χ1v) is 7.68. The van der Waals surface area contributed by atoms with Gasteiger partial charge in [-0.15, -0.1) is 0 Å². The van der Waals surface area contributed by atoms with Crippen molar-refractivity contribution in [1.82, 2.24) is 10.2 Å². The van der Waals surface area contributed by atoms with E-state index in [-0.39, 0.29) is 5.91 Å². The second-order valence-electron chi connectivity index (χ2n) is 5.04. The van der Waals surface area contributed by atoms with Crippen molar-refractivity contribution < 1.29 is 4.79 Å². The molecule has 2 N–H and O–H groups in total. The number of rotatable bonds is 3. The third-order valence-electron chi connectivity index (χ3n) is 3.48. The number of carbonyl (C=O) groups is 1. The average Bonchev–Trinajstić information content (AvgIpc) is 3.02. The van der Waals surface area contributed by atoms with Crippen LogP contribution in [0.5, 0.6) is 0 Å². The molecule has 23 heavy (non-hydrogen) atoms. The summed E-state index contributed by atoms with van der Waals surface area (Å²) in [6, 6.07) is 14.3. The van der Waals surface area contributed by atoms with Gasteiger partial charge in [-0.25, -0.2) is 0 Å². The van der Waals surface area contributed by atoms with Gasteiger partial charge in [0.15, 0.2) is 0 Å². The first-order chi connectivity index (χ1) is 11.0. The van der Waals surface area contributed by atoms with Crippen LogP contribution in [0.4, 0.5) is 5.69 Å². The highest BCUT2D eigenvalue weighted by Gasteiger charge is 2.13. The molecule has 0 saturated carbocycles. The summed E-state index contributed by atoms with van der Waals surface area (Å²) in [6.07, 6.45) is 0. The summed E-state index contributed by atoms with van der Waals surface area (Å²) in [6.45, 7) is 1.85. The Morgan fingerprint density at radius 2 is 1.87 bits per heavy atom. The number of carbonyl (C=O) groups excluding carboxylic acids is 1. The highest BCUT2D eigenvalue weighted by molar-refractivity contribution is 6.32. The molecule has 1 heterocycles. The number of benzene rings is 2. The van der Waals surface area contributed by atoms with Crippen LogP contribution < -0.4 is 5.32 Å². The predicted molar refractivity (Wildman–Crippen MR) is 93.2 cm³/mol. The summed E-state index contributed by atoms with van der Waals surface area (Å²) in [5.74, 6) is -0.275. The van der Waals surface area contributed by atoms with E-state index in [4.69, 9.17) is 23.2 Å². The van der Waals surface area contributed by atoms with Gasteiger partial charge in [-0.2, -0.15) is 5.10 Å². The summed E-state index contributed by atoms with van der Waals surface area (Å²) in [7, 11) is 0. The third kappa shape index (κ3) is 3.38. The van der Waals surface area contributed by atoms with Crippen molar-refractivity contribution in [2.24, 2.45) is 0 Å². The lowest BCUT2D eigenvalue weighted by atomic mass is 10.1. The number of aromatic nitrogens is 2. The molecule has 0 bridgehead atoms. The highest BCUT2D eigenvalue weighted by atomic mass is 35.5. The van der Waals surface area contributed by atoms with E-state index >= 15 is 0 Å². The maximum absolute atomic E-state index is 12.3. The summed E-state index contributed by atoms with van der Waals surface area (Å²) in [5.41, 5.74) is 3.41. The van der Waals surface area contributed by atoms with Crippen LogP contribution in [0.1, 0.15) is 16.1 Å². The molecule has 116 valence electrons. The Morgan fingerprint density at radius 1 is 1.13 bits per heavy atom. The minimum Gasteiger partial charge on any atom is -0.320 e. The van der Waals surface area contributed by atoms with Gasteiger partial charge < -0.3 is 5.32 Å². The van der Waals surface area contributed by atoms with Crippen molar-refractivity contribution >= 4 is 34.8 Å². The van der Waals surface area contributed by atoms with Gasteiger partial charge in [0.2, 0.25) is 0 Å². The van der Waals surface area contributed by atoms with Crippen LogP contribution in [0.3, 0.4) is 0 Å². The van der Waals surface area contributed by atoms with Crippen molar-refractivity contribution in [2.75, 3.05) is 5.32 Å². The molecule has 0 spiro atoms. The van der Waals surface area contributed by atoms with Crippen LogP contribution >= 0.6 is 23.2 Å². The number of nitrogens with zero attached hydrogens (tertiary/aromatic N) is 1. The predicted octanol–water partition coefficient (Wildman–Crippen LogP) is 4.94. The second kappa shape index (κ2) is 6.44. The number of hydrogen-bond acceptors (Lipinski definition) is 2. The summed E-state index contributed by atoms with van der Waals surface area (Å²) < 4.78 is 0. The van der Waals surface area contributed by atoms with Crippen LogP contribution in [0.15, 0.2) is 48.5 Å². The molecule has 0 unspecified atom stereocenters. The van der Waals surface area contributed by atoms with Gasteiger partial charge in [-0.05, 0) is 42.8 Å². The topological polar surface area (TPSA) is 57.8 Å². The zero-order valence-corrected chi connectivity index (χ0v) is 13.7. The number of halogens is 2. The Balaban J connectivity index is 1.81. The molecule has 0 fully saturated rings. The van der Waals surface area contributed by atoms with E-state index in [1.807, 2.05) is 19.1 Å². The van der Waals surface area contributed by atoms with Crippen molar-refractivity contribution in [1.29, 1.82) is 0 Å². The Bertz CT molecular complexity index is 857. The highest BCUT2D eigenvalue weighted by Crippen LogP contribution is 2.24. The lowest BCUT2D eigenvalue weighted by Crippen LogP contribution is -2.13. The molecule has 2 aromatic carbocycles. The zero-order chi connectivity index (χ0) is 16.4. The van der Waals surface area contributed by atoms with Gasteiger partial charge in [0.25, 0.3) is 5.91 Å². The molecule has 0 atom stereocenters. The molecule has 1 amide bonds.